The number of para-hydroxylation sites is 1. The number of nitrogens with zero attached hydrogens (tertiary/aromatic N) is 2. The van der Waals surface area contributed by atoms with Crippen LogP contribution in [-0.4, -0.2) is 43.3 Å². The van der Waals surface area contributed by atoms with Crippen molar-refractivity contribution in [2.24, 2.45) is 0 Å². The molecule has 0 spiro atoms. The van der Waals surface area contributed by atoms with Crippen molar-refractivity contribution in [1.29, 1.82) is 0 Å². The van der Waals surface area contributed by atoms with Crippen molar-refractivity contribution in [2.75, 3.05) is 10.8 Å². The van der Waals surface area contributed by atoms with Crippen molar-refractivity contribution < 1.29 is 18.0 Å². The van der Waals surface area contributed by atoms with Gasteiger partial charge in [-0.05, 0) is 70.4 Å². The van der Waals surface area contributed by atoms with Crippen LogP contribution in [0, 0.1) is 13.8 Å². The van der Waals surface area contributed by atoms with Crippen LogP contribution < -0.4 is 9.62 Å². The van der Waals surface area contributed by atoms with E-state index in [2.05, 4.69) is 5.32 Å². The lowest BCUT2D eigenvalue weighted by Gasteiger charge is -2.35. The van der Waals surface area contributed by atoms with Crippen LogP contribution in [0.5, 0.6) is 0 Å². The maximum atomic E-state index is 14.1. The molecule has 0 bridgehead atoms. The van der Waals surface area contributed by atoms with Crippen molar-refractivity contribution >= 4 is 27.5 Å². The number of carbonyl (C=O) groups is 2. The zero-order chi connectivity index (χ0) is 28.8. The fourth-order valence-corrected chi connectivity index (χ4v) is 5.84. The third-order valence-corrected chi connectivity index (χ3v) is 8.13. The minimum Gasteiger partial charge on any atom is -0.350 e. The minimum absolute atomic E-state index is 0.0867. The third-order valence-electron chi connectivity index (χ3n) is 6.35. The van der Waals surface area contributed by atoms with Crippen LogP contribution in [0.2, 0.25) is 0 Å². The Labute approximate surface area is 232 Å². The lowest BCUT2D eigenvalue weighted by Crippen LogP contribution is -2.55. The van der Waals surface area contributed by atoms with Gasteiger partial charge in [0.2, 0.25) is 11.8 Å². The summed E-state index contributed by atoms with van der Waals surface area (Å²) < 4.78 is 28.9. The lowest BCUT2D eigenvalue weighted by molar-refractivity contribution is -0.141. The van der Waals surface area contributed by atoms with Gasteiger partial charge in [-0.3, -0.25) is 13.9 Å². The summed E-state index contributed by atoms with van der Waals surface area (Å²) in [7, 11) is -4.08. The van der Waals surface area contributed by atoms with Crippen LogP contribution in [0.3, 0.4) is 0 Å². The molecule has 0 saturated heterocycles. The largest absolute Gasteiger partial charge is 0.350 e. The van der Waals surface area contributed by atoms with Crippen molar-refractivity contribution in [1.82, 2.24) is 10.2 Å². The molecule has 7 nitrogen and oxygen atoms in total. The highest BCUT2D eigenvalue weighted by atomic mass is 32.2. The van der Waals surface area contributed by atoms with Crippen molar-refractivity contribution in [2.45, 2.75) is 71.0 Å². The van der Waals surface area contributed by atoms with Crippen LogP contribution in [0.1, 0.15) is 50.8 Å². The molecule has 0 saturated carbocycles. The zero-order valence-corrected chi connectivity index (χ0v) is 24.5. The van der Waals surface area contributed by atoms with Gasteiger partial charge in [-0.15, -0.1) is 0 Å². The number of carbonyl (C=O) groups excluding carboxylic acids is 2. The topological polar surface area (TPSA) is 86.8 Å². The molecular formula is C31H39N3O4S. The van der Waals surface area contributed by atoms with E-state index in [4.69, 9.17) is 0 Å². The van der Waals surface area contributed by atoms with Gasteiger partial charge in [-0.1, -0.05) is 73.2 Å². The van der Waals surface area contributed by atoms with Crippen molar-refractivity contribution in [3.05, 3.63) is 95.6 Å². The van der Waals surface area contributed by atoms with Gasteiger partial charge in [0.15, 0.2) is 0 Å². The Bertz CT molecular complexity index is 1380. The van der Waals surface area contributed by atoms with Crippen molar-refractivity contribution in [3.8, 4) is 0 Å². The number of rotatable bonds is 10. The Morgan fingerprint density at radius 3 is 2.03 bits per heavy atom. The molecular weight excluding hydrogens is 510 g/mol. The van der Waals surface area contributed by atoms with Crippen LogP contribution in [0.25, 0.3) is 0 Å². The monoisotopic (exact) mass is 549 g/mol. The number of sulfonamides is 1. The summed E-state index contributed by atoms with van der Waals surface area (Å²) in [5.41, 5.74) is 2.56. The summed E-state index contributed by atoms with van der Waals surface area (Å²) in [4.78, 5) is 29.1. The summed E-state index contributed by atoms with van der Waals surface area (Å²) in [6, 6.07) is 22.1. The van der Waals surface area contributed by atoms with Crippen LogP contribution in [0.15, 0.2) is 83.8 Å². The van der Waals surface area contributed by atoms with Gasteiger partial charge >= 0.3 is 0 Å². The van der Waals surface area contributed by atoms with E-state index in [-0.39, 0.29) is 17.3 Å². The first kappa shape index (κ1) is 29.9. The molecule has 0 radical (unpaired) electrons. The molecule has 8 heteroatoms. The van der Waals surface area contributed by atoms with Crippen LogP contribution >= 0.6 is 0 Å². The second kappa shape index (κ2) is 12.5. The van der Waals surface area contributed by atoms with Crippen LogP contribution in [-0.2, 0) is 26.2 Å². The van der Waals surface area contributed by atoms with Gasteiger partial charge in [0, 0.05) is 12.1 Å². The quantitative estimate of drug-likeness (QED) is 0.376. The molecule has 3 aromatic rings. The number of hydrogen-bond donors (Lipinski definition) is 1. The molecule has 208 valence electrons. The summed E-state index contributed by atoms with van der Waals surface area (Å²) in [5.74, 6) is -0.743. The fraction of sp³-hybridized carbons (Fsp3) is 0.355. The minimum atomic E-state index is -4.08. The fourth-order valence-electron chi connectivity index (χ4n) is 4.34. The van der Waals surface area contributed by atoms with Gasteiger partial charge in [0.05, 0.1) is 10.6 Å². The van der Waals surface area contributed by atoms with E-state index in [1.54, 1.807) is 30.3 Å². The lowest BCUT2D eigenvalue weighted by atomic mass is 10.1. The summed E-state index contributed by atoms with van der Waals surface area (Å²) in [6.07, 6.45) is 0.370. The summed E-state index contributed by atoms with van der Waals surface area (Å²) in [5, 5.41) is 2.99. The van der Waals surface area contributed by atoms with E-state index in [0.717, 1.165) is 15.4 Å². The Morgan fingerprint density at radius 1 is 0.872 bits per heavy atom. The van der Waals surface area contributed by atoms with E-state index in [9.17, 15) is 18.0 Å². The number of hydrogen-bond acceptors (Lipinski definition) is 4. The van der Waals surface area contributed by atoms with Crippen molar-refractivity contribution in [3.63, 3.8) is 0 Å². The molecule has 0 aliphatic rings. The van der Waals surface area contributed by atoms with Gasteiger partial charge in [-0.25, -0.2) is 8.42 Å². The predicted octanol–water partition coefficient (Wildman–Crippen LogP) is 5.22. The third kappa shape index (κ3) is 7.69. The summed E-state index contributed by atoms with van der Waals surface area (Å²) in [6.45, 7) is 11.0. The predicted molar refractivity (Wildman–Crippen MR) is 156 cm³/mol. The molecule has 3 aromatic carbocycles. The maximum absolute atomic E-state index is 14.1. The second-order valence-electron chi connectivity index (χ2n) is 10.8. The smallest absolute Gasteiger partial charge is 0.264 e. The number of anilines is 1. The molecule has 3 rings (SSSR count). The number of amides is 2. The Hall–Kier alpha value is -3.65. The first-order valence-corrected chi connectivity index (χ1v) is 14.6. The SMILES string of the molecule is CCC(C(=O)NC(C)(C)C)N(Cc1ccc(C)cc1)C(=O)CN(c1ccccc1C)S(=O)(=O)c1ccccc1. The Kier molecular flexibility index (Phi) is 9.56. The highest BCUT2D eigenvalue weighted by molar-refractivity contribution is 7.92. The normalized spacial score (nSPS) is 12.5. The highest BCUT2D eigenvalue weighted by Gasteiger charge is 2.34. The molecule has 1 N–H and O–H groups in total. The average Bonchev–Trinajstić information content (AvgIpc) is 2.88. The number of aryl methyl sites for hydroxylation is 2. The molecule has 2 amide bonds. The number of benzene rings is 3. The van der Waals surface area contributed by atoms with E-state index in [0.29, 0.717) is 17.7 Å². The van der Waals surface area contributed by atoms with Gasteiger partial charge < -0.3 is 10.2 Å². The maximum Gasteiger partial charge on any atom is 0.264 e. The molecule has 0 aliphatic carbocycles. The molecule has 1 atom stereocenters. The standard InChI is InChI=1S/C31H39N3O4S/c1-7-27(30(36)32-31(4,5)6)33(21-25-19-17-23(2)18-20-25)29(35)22-34(28-16-12-11-13-24(28)3)39(37,38)26-14-9-8-10-15-26/h8-20,27H,7,21-22H2,1-6H3,(H,32,36). The van der Waals surface area contributed by atoms with Gasteiger partial charge in [0.25, 0.3) is 10.0 Å². The highest BCUT2D eigenvalue weighted by Crippen LogP contribution is 2.27. The molecule has 1 unspecified atom stereocenters. The molecule has 0 heterocycles. The first-order valence-electron chi connectivity index (χ1n) is 13.1. The zero-order valence-electron chi connectivity index (χ0n) is 23.6. The Morgan fingerprint density at radius 2 is 1.46 bits per heavy atom. The van der Waals surface area contributed by atoms with Gasteiger partial charge in [0.1, 0.15) is 12.6 Å². The number of nitrogens with one attached hydrogen (secondary N) is 1. The Balaban J connectivity index is 2.07. The second-order valence-corrected chi connectivity index (χ2v) is 12.6. The average molecular weight is 550 g/mol. The molecule has 0 aliphatic heterocycles. The van der Waals surface area contributed by atoms with E-state index < -0.39 is 34.1 Å². The first-order chi connectivity index (χ1) is 18.3. The van der Waals surface area contributed by atoms with E-state index in [1.165, 1.54) is 17.0 Å². The van der Waals surface area contributed by atoms with Crippen LogP contribution in [0.4, 0.5) is 5.69 Å². The van der Waals surface area contributed by atoms with E-state index in [1.807, 2.05) is 77.9 Å². The molecule has 0 fully saturated rings. The summed E-state index contributed by atoms with van der Waals surface area (Å²) >= 11 is 0. The van der Waals surface area contributed by atoms with Gasteiger partial charge in [-0.2, -0.15) is 0 Å². The van der Waals surface area contributed by atoms with E-state index >= 15 is 0 Å². The molecule has 39 heavy (non-hydrogen) atoms. The molecule has 0 aromatic heterocycles.